The van der Waals surface area contributed by atoms with Crippen LogP contribution in [0.5, 0.6) is 0 Å². The van der Waals surface area contributed by atoms with Crippen LogP contribution in [0.4, 0.5) is 0 Å². The molecule has 0 heterocycles. The molecule has 0 aliphatic rings. The number of benzene rings is 1. The second kappa shape index (κ2) is 7.66. The molecule has 1 aromatic carbocycles. The first-order chi connectivity index (χ1) is 9.34. The molecule has 0 saturated heterocycles. The van der Waals surface area contributed by atoms with Crippen molar-refractivity contribution < 1.29 is 18.3 Å². The quantitative estimate of drug-likeness (QED) is 0.765. The first-order valence-electron chi connectivity index (χ1n) is 6.16. The van der Waals surface area contributed by atoms with E-state index in [2.05, 4.69) is 4.72 Å². The van der Waals surface area contributed by atoms with Crippen molar-refractivity contribution in [2.45, 2.75) is 24.3 Å². The maximum atomic E-state index is 11.9. The van der Waals surface area contributed by atoms with Crippen LogP contribution in [0.3, 0.4) is 0 Å². The van der Waals surface area contributed by atoms with Gasteiger partial charge in [-0.2, -0.15) is 11.8 Å². The molecule has 1 unspecified atom stereocenters. The van der Waals surface area contributed by atoms with Gasteiger partial charge in [0.2, 0.25) is 10.0 Å². The van der Waals surface area contributed by atoms with E-state index >= 15 is 0 Å². The van der Waals surface area contributed by atoms with Crippen molar-refractivity contribution in [2.24, 2.45) is 0 Å². The van der Waals surface area contributed by atoms with Gasteiger partial charge < -0.3 is 5.11 Å². The van der Waals surface area contributed by atoms with Crippen LogP contribution in [0, 0.1) is 0 Å². The Morgan fingerprint density at radius 2 is 1.95 bits per heavy atom. The molecule has 112 valence electrons. The van der Waals surface area contributed by atoms with Gasteiger partial charge in [-0.15, -0.1) is 0 Å². The van der Waals surface area contributed by atoms with Crippen LogP contribution in [0.15, 0.2) is 24.3 Å². The molecule has 0 saturated carbocycles. The molecule has 0 amide bonds. The summed E-state index contributed by atoms with van der Waals surface area (Å²) in [6, 6.07) is 5.85. The lowest BCUT2D eigenvalue weighted by molar-refractivity contribution is 0.0697. The van der Waals surface area contributed by atoms with E-state index in [-0.39, 0.29) is 11.3 Å². The lowest BCUT2D eigenvalue weighted by atomic mass is 10.1. The number of sulfonamides is 1. The summed E-state index contributed by atoms with van der Waals surface area (Å²) in [5.41, 5.74) is 0.716. The molecular weight excluding hydrogens is 298 g/mol. The molecule has 1 aromatic rings. The summed E-state index contributed by atoms with van der Waals surface area (Å²) >= 11 is 1.69. The molecule has 0 aliphatic carbocycles. The van der Waals surface area contributed by atoms with Crippen molar-refractivity contribution in [1.82, 2.24) is 4.72 Å². The van der Waals surface area contributed by atoms with E-state index in [1.54, 1.807) is 11.8 Å². The normalized spacial score (nSPS) is 13.1. The van der Waals surface area contributed by atoms with E-state index in [0.717, 1.165) is 6.42 Å². The van der Waals surface area contributed by atoms with Gasteiger partial charge >= 0.3 is 5.97 Å². The first-order valence-corrected chi connectivity index (χ1v) is 9.10. The summed E-state index contributed by atoms with van der Waals surface area (Å²) < 4.78 is 26.3. The Morgan fingerprint density at radius 3 is 2.45 bits per heavy atom. The zero-order valence-electron chi connectivity index (χ0n) is 11.5. The fourth-order valence-electron chi connectivity index (χ4n) is 1.55. The number of nitrogens with one attached hydrogen (secondary N) is 1. The Labute approximate surface area is 123 Å². The molecule has 2 N–H and O–H groups in total. The zero-order chi connectivity index (χ0) is 15.2. The Morgan fingerprint density at radius 1 is 1.35 bits per heavy atom. The molecule has 0 fully saturated rings. The molecule has 0 aromatic heterocycles. The highest BCUT2D eigenvalue weighted by atomic mass is 32.2. The van der Waals surface area contributed by atoms with E-state index < -0.39 is 16.0 Å². The first kappa shape index (κ1) is 17.0. The Balaban J connectivity index is 2.55. The number of hydrogen-bond donors (Lipinski definition) is 2. The van der Waals surface area contributed by atoms with Gasteiger partial charge in [0.05, 0.1) is 11.3 Å². The Bertz CT molecular complexity index is 540. The lowest BCUT2D eigenvalue weighted by Gasteiger charge is -2.10. The van der Waals surface area contributed by atoms with Gasteiger partial charge in [-0.1, -0.05) is 19.1 Å². The predicted molar refractivity (Wildman–Crippen MR) is 81.6 cm³/mol. The largest absolute Gasteiger partial charge is 0.478 e. The summed E-state index contributed by atoms with van der Waals surface area (Å²) in [7, 11) is -3.38. The fraction of sp³-hybridized carbons (Fsp3) is 0.462. The summed E-state index contributed by atoms with van der Waals surface area (Å²) in [5, 5.41) is 9.18. The van der Waals surface area contributed by atoms with Gasteiger partial charge in [-0.3, -0.25) is 0 Å². The molecule has 5 nitrogen and oxygen atoms in total. The summed E-state index contributed by atoms with van der Waals surface area (Å²) in [6.45, 7) is 2.46. The molecule has 7 heteroatoms. The highest BCUT2D eigenvalue weighted by Crippen LogP contribution is 2.10. The number of hydrogen-bond acceptors (Lipinski definition) is 4. The topological polar surface area (TPSA) is 83.5 Å². The molecule has 0 aliphatic heterocycles. The van der Waals surface area contributed by atoms with Gasteiger partial charge in [-0.25, -0.2) is 17.9 Å². The number of carboxylic acids is 1. The Kier molecular flexibility index (Phi) is 6.51. The van der Waals surface area contributed by atoms with Gasteiger partial charge in [0, 0.05) is 11.8 Å². The van der Waals surface area contributed by atoms with E-state index in [0.29, 0.717) is 17.4 Å². The highest BCUT2D eigenvalue weighted by molar-refractivity contribution is 7.99. The van der Waals surface area contributed by atoms with E-state index in [1.165, 1.54) is 24.3 Å². The molecule has 1 atom stereocenters. The molecular formula is C13H19NO4S2. The van der Waals surface area contributed by atoms with Crippen LogP contribution in [-0.4, -0.2) is 37.5 Å². The van der Waals surface area contributed by atoms with E-state index in [4.69, 9.17) is 5.11 Å². The van der Waals surface area contributed by atoms with Gasteiger partial charge in [0.15, 0.2) is 0 Å². The van der Waals surface area contributed by atoms with Crippen molar-refractivity contribution >= 4 is 27.8 Å². The van der Waals surface area contributed by atoms with Crippen LogP contribution < -0.4 is 4.72 Å². The van der Waals surface area contributed by atoms with Crippen molar-refractivity contribution in [1.29, 1.82) is 0 Å². The predicted octanol–water partition coefficient (Wildman–Crippen LogP) is 1.95. The molecule has 0 spiro atoms. The SMILES string of the molecule is CSC(C)CCNS(=O)(=O)Cc1ccc(C(=O)O)cc1. The standard InChI is InChI=1S/C13H19NO4S2/c1-10(19-2)7-8-14-20(17,18)9-11-3-5-12(6-4-11)13(15)16/h3-6,10,14H,7-9H2,1-2H3,(H,15,16). The summed E-state index contributed by atoms with van der Waals surface area (Å²) in [5.74, 6) is -1.16. The number of carboxylic acid groups (broad SMARTS) is 1. The summed E-state index contributed by atoms with van der Waals surface area (Å²) in [4.78, 5) is 10.7. The van der Waals surface area contributed by atoms with Gasteiger partial charge in [0.25, 0.3) is 0 Å². The zero-order valence-corrected chi connectivity index (χ0v) is 13.1. The number of thioether (sulfide) groups is 1. The van der Waals surface area contributed by atoms with Crippen LogP contribution >= 0.6 is 11.8 Å². The number of carbonyl (C=O) groups is 1. The highest BCUT2D eigenvalue weighted by Gasteiger charge is 2.12. The lowest BCUT2D eigenvalue weighted by Crippen LogP contribution is -2.27. The second-order valence-corrected chi connectivity index (χ2v) is 7.57. The average molecular weight is 317 g/mol. The third-order valence-corrected chi connectivity index (χ3v) is 5.23. The van der Waals surface area contributed by atoms with Crippen LogP contribution in [-0.2, 0) is 15.8 Å². The van der Waals surface area contributed by atoms with Crippen molar-refractivity contribution in [3.05, 3.63) is 35.4 Å². The third-order valence-electron chi connectivity index (χ3n) is 2.83. The number of aromatic carboxylic acids is 1. The maximum Gasteiger partial charge on any atom is 0.335 e. The van der Waals surface area contributed by atoms with Crippen LogP contribution in [0.25, 0.3) is 0 Å². The molecule has 0 radical (unpaired) electrons. The smallest absolute Gasteiger partial charge is 0.335 e. The maximum absolute atomic E-state index is 11.9. The van der Waals surface area contributed by atoms with Gasteiger partial charge in [0.1, 0.15) is 0 Å². The van der Waals surface area contributed by atoms with E-state index in [1.807, 2.05) is 13.2 Å². The van der Waals surface area contributed by atoms with Crippen LogP contribution in [0.1, 0.15) is 29.3 Å². The third kappa shape index (κ3) is 5.94. The average Bonchev–Trinajstić information content (AvgIpc) is 2.38. The molecule has 20 heavy (non-hydrogen) atoms. The van der Waals surface area contributed by atoms with Crippen molar-refractivity contribution in [2.75, 3.05) is 12.8 Å². The molecule has 0 bridgehead atoms. The minimum atomic E-state index is -3.38. The van der Waals surface area contributed by atoms with E-state index in [9.17, 15) is 13.2 Å². The Hall–Kier alpha value is -1.05. The fourth-order valence-corrected chi connectivity index (χ4v) is 3.07. The molecule has 1 rings (SSSR count). The monoisotopic (exact) mass is 317 g/mol. The second-order valence-electron chi connectivity index (χ2n) is 4.49. The minimum absolute atomic E-state index is 0.138. The van der Waals surface area contributed by atoms with Crippen LogP contribution in [0.2, 0.25) is 0 Å². The number of rotatable bonds is 8. The van der Waals surface area contributed by atoms with Gasteiger partial charge in [-0.05, 0) is 30.4 Å². The van der Waals surface area contributed by atoms with Crippen molar-refractivity contribution in [3.8, 4) is 0 Å². The van der Waals surface area contributed by atoms with Crippen molar-refractivity contribution in [3.63, 3.8) is 0 Å². The summed E-state index contributed by atoms with van der Waals surface area (Å²) in [6.07, 6.45) is 2.77. The minimum Gasteiger partial charge on any atom is -0.478 e.